The molecule has 1 atom stereocenters. The zero-order valence-corrected chi connectivity index (χ0v) is 9.93. The third-order valence-electron chi connectivity index (χ3n) is 2.23. The van der Waals surface area contributed by atoms with E-state index in [4.69, 9.17) is 5.73 Å². The quantitative estimate of drug-likeness (QED) is 0.844. The monoisotopic (exact) mass is 241 g/mol. The Morgan fingerprint density at radius 2 is 1.92 bits per heavy atom. The largest absolute Gasteiger partial charge is 0.324 e. The van der Waals surface area contributed by atoms with E-state index < -0.39 is 0 Å². The summed E-state index contributed by atoms with van der Waals surface area (Å²) in [5, 5.41) is 0. The van der Waals surface area contributed by atoms with Gasteiger partial charge in [0.05, 0.1) is 0 Å². The maximum Gasteiger partial charge on any atom is 0.0329 e. The van der Waals surface area contributed by atoms with Crippen molar-refractivity contribution in [1.29, 1.82) is 0 Å². The number of benzene rings is 1. The van der Waals surface area contributed by atoms with Crippen molar-refractivity contribution in [3.8, 4) is 0 Å². The Kier molecular flexibility index (Phi) is 3.51. The average Bonchev–Trinajstić information content (AvgIpc) is 2.08. The topological polar surface area (TPSA) is 26.0 Å². The second kappa shape index (κ2) is 4.25. The average molecular weight is 242 g/mol. The third-order valence-corrected chi connectivity index (χ3v) is 2.95. The minimum absolute atomic E-state index is 0.120. The van der Waals surface area contributed by atoms with Crippen molar-refractivity contribution in [2.45, 2.75) is 26.8 Å². The van der Waals surface area contributed by atoms with Crippen LogP contribution < -0.4 is 5.73 Å². The Morgan fingerprint density at radius 1 is 1.31 bits per heavy atom. The van der Waals surface area contributed by atoms with Crippen molar-refractivity contribution in [3.05, 3.63) is 33.8 Å². The molecule has 0 spiro atoms. The van der Waals surface area contributed by atoms with Gasteiger partial charge in [-0.15, -0.1) is 0 Å². The maximum absolute atomic E-state index is 6.08. The highest BCUT2D eigenvalue weighted by molar-refractivity contribution is 9.10. The molecule has 0 saturated heterocycles. The van der Waals surface area contributed by atoms with E-state index in [1.165, 1.54) is 11.1 Å². The predicted octanol–water partition coefficient (Wildman–Crippen LogP) is 3.41. The summed E-state index contributed by atoms with van der Waals surface area (Å²) in [6.45, 7) is 6.36. The number of hydrogen-bond acceptors (Lipinski definition) is 1. The summed E-state index contributed by atoms with van der Waals surface area (Å²) in [4.78, 5) is 0. The molecular formula is C11H16BrN. The van der Waals surface area contributed by atoms with Gasteiger partial charge in [0.15, 0.2) is 0 Å². The van der Waals surface area contributed by atoms with Gasteiger partial charge in [-0.3, -0.25) is 0 Å². The lowest BCUT2D eigenvalue weighted by molar-refractivity contribution is 0.512. The second-order valence-electron chi connectivity index (χ2n) is 3.79. The number of nitrogens with two attached hydrogens (primary N) is 1. The molecule has 0 fully saturated rings. The highest BCUT2D eigenvalue weighted by Gasteiger charge is 2.13. The maximum atomic E-state index is 6.08. The summed E-state index contributed by atoms with van der Waals surface area (Å²) in [6, 6.07) is 6.41. The smallest absolute Gasteiger partial charge is 0.0329 e. The van der Waals surface area contributed by atoms with Crippen molar-refractivity contribution in [2.24, 2.45) is 11.7 Å². The van der Waals surface area contributed by atoms with E-state index in [0.29, 0.717) is 5.92 Å². The second-order valence-corrected chi connectivity index (χ2v) is 4.65. The highest BCUT2D eigenvalue weighted by atomic mass is 79.9. The molecule has 0 aliphatic rings. The lowest BCUT2D eigenvalue weighted by atomic mass is 9.96. The zero-order valence-electron chi connectivity index (χ0n) is 8.34. The van der Waals surface area contributed by atoms with Crippen molar-refractivity contribution >= 4 is 15.9 Å². The molecular weight excluding hydrogens is 226 g/mol. The number of aryl methyl sites for hydroxylation is 1. The normalized spacial score (nSPS) is 13.4. The predicted molar refractivity (Wildman–Crippen MR) is 60.6 cm³/mol. The molecule has 0 saturated carbocycles. The Hall–Kier alpha value is -0.340. The molecule has 0 unspecified atom stereocenters. The van der Waals surface area contributed by atoms with Gasteiger partial charge in [-0.05, 0) is 24.5 Å². The summed E-state index contributed by atoms with van der Waals surface area (Å²) < 4.78 is 1.11. The SMILES string of the molecule is Cc1ccc(Br)c([C@@H](N)C(C)C)c1. The standard InChI is InChI=1S/C11H16BrN/c1-7(2)11(13)9-6-8(3)4-5-10(9)12/h4-7,11H,13H2,1-3H3/t11-/m0/s1. The van der Waals surface area contributed by atoms with Gasteiger partial charge in [-0.25, -0.2) is 0 Å². The van der Waals surface area contributed by atoms with Gasteiger partial charge in [0.1, 0.15) is 0 Å². The Bertz CT molecular complexity index is 294. The van der Waals surface area contributed by atoms with E-state index >= 15 is 0 Å². The van der Waals surface area contributed by atoms with Crippen molar-refractivity contribution in [2.75, 3.05) is 0 Å². The lowest BCUT2D eigenvalue weighted by Crippen LogP contribution is -2.17. The first-order valence-electron chi connectivity index (χ1n) is 4.54. The molecule has 0 aromatic heterocycles. The Morgan fingerprint density at radius 3 is 2.46 bits per heavy atom. The van der Waals surface area contributed by atoms with E-state index in [9.17, 15) is 0 Å². The van der Waals surface area contributed by atoms with Crippen LogP contribution in [-0.2, 0) is 0 Å². The van der Waals surface area contributed by atoms with Crippen LogP contribution in [0.5, 0.6) is 0 Å². The Labute approximate surface area is 88.5 Å². The van der Waals surface area contributed by atoms with Gasteiger partial charge in [0.2, 0.25) is 0 Å². The van der Waals surface area contributed by atoms with Gasteiger partial charge >= 0.3 is 0 Å². The molecule has 0 bridgehead atoms. The minimum Gasteiger partial charge on any atom is -0.324 e. The molecule has 1 rings (SSSR count). The first-order chi connectivity index (χ1) is 6.02. The summed E-state index contributed by atoms with van der Waals surface area (Å²) in [7, 11) is 0. The van der Waals surface area contributed by atoms with Crippen LogP contribution in [0.2, 0.25) is 0 Å². The first-order valence-corrected chi connectivity index (χ1v) is 5.33. The van der Waals surface area contributed by atoms with Crippen LogP contribution in [-0.4, -0.2) is 0 Å². The molecule has 1 aromatic rings. The number of hydrogen-bond donors (Lipinski definition) is 1. The van der Waals surface area contributed by atoms with Crippen LogP contribution >= 0.6 is 15.9 Å². The zero-order chi connectivity index (χ0) is 10.0. The summed E-state index contributed by atoms with van der Waals surface area (Å²) >= 11 is 3.52. The van der Waals surface area contributed by atoms with Crippen LogP contribution in [0, 0.1) is 12.8 Å². The van der Waals surface area contributed by atoms with E-state index in [0.717, 1.165) is 4.47 Å². The van der Waals surface area contributed by atoms with Gasteiger partial charge in [0, 0.05) is 10.5 Å². The fourth-order valence-corrected chi connectivity index (χ4v) is 1.79. The van der Waals surface area contributed by atoms with Crippen LogP contribution in [0.15, 0.2) is 22.7 Å². The summed E-state index contributed by atoms with van der Waals surface area (Å²) in [5.41, 5.74) is 8.54. The molecule has 0 aliphatic carbocycles. The minimum atomic E-state index is 0.120. The van der Waals surface area contributed by atoms with Crippen LogP contribution in [0.4, 0.5) is 0 Å². The molecule has 0 amide bonds. The highest BCUT2D eigenvalue weighted by Crippen LogP contribution is 2.27. The number of rotatable bonds is 2. The molecule has 1 nitrogen and oxygen atoms in total. The molecule has 0 heterocycles. The lowest BCUT2D eigenvalue weighted by Gasteiger charge is -2.18. The van der Waals surface area contributed by atoms with Crippen molar-refractivity contribution < 1.29 is 0 Å². The van der Waals surface area contributed by atoms with Gasteiger partial charge < -0.3 is 5.73 Å². The fourth-order valence-electron chi connectivity index (χ4n) is 1.28. The molecule has 2 N–H and O–H groups in total. The van der Waals surface area contributed by atoms with Crippen molar-refractivity contribution in [3.63, 3.8) is 0 Å². The molecule has 0 radical (unpaired) electrons. The summed E-state index contributed by atoms with van der Waals surface area (Å²) in [6.07, 6.45) is 0. The van der Waals surface area contributed by atoms with Gasteiger partial charge in [0.25, 0.3) is 0 Å². The van der Waals surface area contributed by atoms with Crippen LogP contribution in [0.1, 0.15) is 31.0 Å². The molecule has 2 heteroatoms. The molecule has 1 aromatic carbocycles. The van der Waals surface area contributed by atoms with E-state index in [2.05, 4.69) is 54.9 Å². The van der Waals surface area contributed by atoms with E-state index in [1.807, 2.05) is 0 Å². The van der Waals surface area contributed by atoms with E-state index in [1.54, 1.807) is 0 Å². The van der Waals surface area contributed by atoms with E-state index in [-0.39, 0.29) is 6.04 Å². The molecule has 72 valence electrons. The van der Waals surface area contributed by atoms with Crippen LogP contribution in [0.3, 0.4) is 0 Å². The van der Waals surface area contributed by atoms with Crippen molar-refractivity contribution in [1.82, 2.24) is 0 Å². The summed E-state index contributed by atoms with van der Waals surface area (Å²) in [5.74, 6) is 0.470. The van der Waals surface area contributed by atoms with Gasteiger partial charge in [-0.1, -0.05) is 47.5 Å². The molecule has 13 heavy (non-hydrogen) atoms. The van der Waals surface area contributed by atoms with Gasteiger partial charge in [-0.2, -0.15) is 0 Å². The van der Waals surface area contributed by atoms with Crippen LogP contribution in [0.25, 0.3) is 0 Å². The fraction of sp³-hybridized carbons (Fsp3) is 0.455. The Balaban J connectivity index is 3.05. The third kappa shape index (κ3) is 2.55. The number of halogens is 1. The first kappa shape index (κ1) is 10.7. The molecule has 0 aliphatic heterocycles.